The molecule has 15 heavy (non-hydrogen) atoms. The monoisotopic (exact) mass is 203 g/mol. The zero-order valence-corrected chi connectivity index (χ0v) is 9.49. The van der Waals surface area contributed by atoms with Crippen molar-refractivity contribution in [1.82, 2.24) is 9.55 Å². The summed E-state index contributed by atoms with van der Waals surface area (Å²) >= 11 is 0. The lowest BCUT2D eigenvalue weighted by Crippen LogP contribution is -2.05. The van der Waals surface area contributed by atoms with Gasteiger partial charge in [0.15, 0.2) is 0 Å². The van der Waals surface area contributed by atoms with Crippen molar-refractivity contribution in [3.05, 3.63) is 24.0 Å². The van der Waals surface area contributed by atoms with Crippen LogP contribution in [0.1, 0.15) is 32.1 Å². The van der Waals surface area contributed by atoms with E-state index < -0.39 is 0 Å². The minimum Gasteiger partial charge on any atom is -0.399 e. The summed E-state index contributed by atoms with van der Waals surface area (Å²) in [5, 5.41) is 0. The van der Waals surface area contributed by atoms with Gasteiger partial charge in [0, 0.05) is 11.7 Å². The van der Waals surface area contributed by atoms with E-state index in [-0.39, 0.29) is 0 Å². The minimum absolute atomic E-state index is 0.485. The number of nitrogens with zero attached hydrogens (tertiary/aromatic N) is 2. The van der Waals surface area contributed by atoms with E-state index in [0.717, 1.165) is 23.4 Å². The van der Waals surface area contributed by atoms with Crippen molar-refractivity contribution in [2.45, 2.75) is 33.2 Å². The number of benzene rings is 1. The molecule has 0 saturated carbocycles. The SMILES string of the molecule is CCC(C)n1c(C)nc2cc(N)ccc21. The van der Waals surface area contributed by atoms with Crippen molar-refractivity contribution in [2.75, 3.05) is 5.73 Å². The maximum absolute atomic E-state index is 5.74. The van der Waals surface area contributed by atoms with E-state index in [4.69, 9.17) is 5.73 Å². The van der Waals surface area contributed by atoms with Crippen molar-refractivity contribution in [2.24, 2.45) is 0 Å². The Balaban J connectivity index is 2.68. The molecule has 3 nitrogen and oxygen atoms in total. The van der Waals surface area contributed by atoms with Gasteiger partial charge in [-0.25, -0.2) is 4.98 Å². The average Bonchev–Trinajstić information content (AvgIpc) is 2.52. The molecule has 0 fully saturated rings. The lowest BCUT2D eigenvalue weighted by molar-refractivity contribution is 0.532. The number of fused-ring (bicyclic) bond motifs is 1. The molecule has 80 valence electrons. The van der Waals surface area contributed by atoms with Gasteiger partial charge in [0.1, 0.15) is 5.82 Å². The summed E-state index contributed by atoms with van der Waals surface area (Å²) in [6, 6.07) is 6.40. The van der Waals surface area contributed by atoms with E-state index >= 15 is 0 Å². The summed E-state index contributed by atoms with van der Waals surface area (Å²) < 4.78 is 2.27. The number of aryl methyl sites for hydroxylation is 1. The second kappa shape index (κ2) is 3.57. The molecule has 0 aliphatic heterocycles. The Morgan fingerprint density at radius 1 is 1.47 bits per heavy atom. The van der Waals surface area contributed by atoms with Crippen LogP contribution in [0.15, 0.2) is 18.2 Å². The van der Waals surface area contributed by atoms with Gasteiger partial charge in [-0.15, -0.1) is 0 Å². The molecule has 1 unspecified atom stereocenters. The number of aromatic nitrogens is 2. The molecule has 2 N–H and O–H groups in total. The van der Waals surface area contributed by atoms with E-state index in [9.17, 15) is 0 Å². The van der Waals surface area contributed by atoms with Crippen LogP contribution in [0.4, 0.5) is 5.69 Å². The topological polar surface area (TPSA) is 43.8 Å². The second-order valence-corrected chi connectivity index (χ2v) is 4.03. The summed E-state index contributed by atoms with van der Waals surface area (Å²) in [4.78, 5) is 4.53. The first kappa shape index (κ1) is 10.0. The van der Waals surface area contributed by atoms with Crippen molar-refractivity contribution in [1.29, 1.82) is 0 Å². The highest BCUT2D eigenvalue weighted by atomic mass is 15.1. The molecule has 1 aromatic carbocycles. The number of anilines is 1. The molecule has 0 aliphatic rings. The standard InChI is InChI=1S/C12H17N3/c1-4-8(2)15-9(3)14-11-7-10(13)5-6-12(11)15/h5-8H,4,13H2,1-3H3. The Hall–Kier alpha value is -1.51. The van der Waals surface area contributed by atoms with Crippen LogP contribution in [0.3, 0.4) is 0 Å². The van der Waals surface area contributed by atoms with E-state index in [1.165, 1.54) is 5.52 Å². The smallest absolute Gasteiger partial charge is 0.106 e. The van der Waals surface area contributed by atoms with E-state index in [0.29, 0.717) is 6.04 Å². The molecule has 2 aromatic rings. The van der Waals surface area contributed by atoms with Crippen LogP contribution < -0.4 is 5.73 Å². The first-order chi connectivity index (χ1) is 7.13. The first-order valence-electron chi connectivity index (χ1n) is 5.37. The Bertz CT molecular complexity index is 485. The lowest BCUT2D eigenvalue weighted by Gasteiger charge is -2.13. The Morgan fingerprint density at radius 2 is 2.20 bits per heavy atom. The molecule has 1 atom stereocenters. The molecular weight excluding hydrogens is 186 g/mol. The Morgan fingerprint density at radius 3 is 2.87 bits per heavy atom. The quantitative estimate of drug-likeness (QED) is 0.763. The maximum atomic E-state index is 5.74. The largest absolute Gasteiger partial charge is 0.399 e. The van der Waals surface area contributed by atoms with Crippen LogP contribution in [-0.2, 0) is 0 Å². The number of hydrogen-bond donors (Lipinski definition) is 1. The van der Waals surface area contributed by atoms with Crippen LogP contribution in [-0.4, -0.2) is 9.55 Å². The highest BCUT2D eigenvalue weighted by molar-refractivity contribution is 5.79. The maximum Gasteiger partial charge on any atom is 0.106 e. The summed E-state index contributed by atoms with van der Waals surface area (Å²) in [5.41, 5.74) is 8.69. The predicted octanol–water partition coefficient (Wildman–Crippen LogP) is 2.90. The van der Waals surface area contributed by atoms with Crippen LogP contribution in [0.25, 0.3) is 11.0 Å². The summed E-state index contributed by atoms with van der Waals surface area (Å²) in [7, 11) is 0. The molecule has 1 heterocycles. The van der Waals surface area contributed by atoms with Gasteiger partial charge in [-0.05, 0) is 38.5 Å². The fourth-order valence-corrected chi connectivity index (χ4v) is 1.98. The lowest BCUT2D eigenvalue weighted by atomic mass is 10.2. The van der Waals surface area contributed by atoms with Gasteiger partial charge in [0.2, 0.25) is 0 Å². The number of nitrogen functional groups attached to an aromatic ring is 1. The van der Waals surface area contributed by atoms with Crippen LogP contribution in [0.2, 0.25) is 0 Å². The molecule has 0 bridgehead atoms. The molecule has 2 rings (SSSR count). The predicted molar refractivity (Wildman–Crippen MR) is 63.9 cm³/mol. The van der Waals surface area contributed by atoms with Crippen LogP contribution in [0, 0.1) is 6.92 Å². The summed E-state index contributed by atoms with van der Waals surface area (Å²) in [6.07, 6.45) is 1.11. The zero-order valence-electron chi connectivity index (χ0n) is 9.49. The van der Waals surface area contributed by atoms with Gasteiger partial charge >= 0.3 is 0 Å². The molecule has 1 aromatic heterocycles. The molecular formula is C12H17N3. The molecule has 0 radical (unpaired) electrons. The summed E-state index contributed by atoms with van der Waals surface area (Å²) in [6.45, 7) is 6.44. The van der Waals surface area contributed by atoms with Crippen molar-refractivity contribution in [3.8, 4) is 0 Å². The van der Waals surface area contributed by atoms with Gasteiger partial charge in [0.25, 0.3) is 0 Å². The summed E-state index contributed by atoms with van der Waals surface area (Å²) in [5.74, 6) is 1.06. The molecule has 0 aliphatic carbocycles. The number of rotatable bonds is 2. The fourth-order valence-electron chi connectivity index (χ4n) is 1.98. The highest BCUT2D eigenvalue weighted by Gasteiger charge is 2.11. The zero-order chi connectivity index (χ0) is 11.0. The molecule has 0 spiro atoms. The number of nitrogens with two attached hydrogens (primary N) is 1. The van der Waals surface area contributed by atoms with Gasteiger partial charge in [-0.3, -0.25) is 0 Å². The van der Waals surface area contributed by atoms with Gasteiger partial charge in [0.05, 0.1) is 11.0 Å². The minimum atomic E-state index is 0.485. The van der Waals surface area contributed by atoms with Crippen molar-refractivity contribution in [3.63, 3.8) is 0 Å². The molecule has 0 amide bonds. The third-order valence-electron chi connectivity index (χ3n) is 2.92. The van der Waals surface area contributed by atoms with Crippen molar-refractivity contribution >= 4 is 16.7 Å². The normalized spacial score (nSPS) is 13.3. The van der Waals surface area contributed by atoms with E-state index in [1.54, 1.807) is 0 Å². The molecule has 0 saturated heterocycles. The molecule has 3 heteroatoms. The van der Waals surface area contributed by atoms with E-state index in [2.05, 4.69) is 29.5 Å². The average molecular weight is 203 g/mol. The second-order valence-electron chi connectivity index (χ2n) is 4.03. The highest BCUT2D eigenvalue weighted by Crippen LogP contribution is 2.23. The third-order valence-corrected chi connectivity index (χ3v) is 2.92. The van der Waals surface area contributed by atoms with Gasteiger partial charge in [-0.2, -0.15) is 0 Å². The Labute approximate surface area is 89.9 Å². The van der Waals surface area contributed by atoms with E-state index in [1.807, 2.05) is 19.1 Å². The fraction of sp³-hybridized carbons (Fsp3) is 0.417. The first-order valence-corrected chi connectivity index (χ1v) is 5.37. The third kappa shape index (κ3) is 1.58. The number of hydrogen-bond acceptors (Lipinski definition) is 2. The van der Waals surface area contributed by atoms with Gasteiger partial charge in [-0.1, -0.05) is 6.92 Å². The van der Waals surface area contributed by atoms with Crippen LogP contribution >= 0.6 is 0 Å². The van der Waals surface area contributed by atoms with Crippen LogP contribution in [0.5, 0.6) is 0 Å². The van der Waals surface area contributed by atoms with Gasteiger partial charge < -0.3 is 10.3 Å². The Kier molecular flexibility index (Phi) is 2.39. The van der Waals surface area contributed by atoms with Crippen molar-refractivity contribution < 1.29 is 0 Å². The number of imidazole rings is 1.